The van der Waals surface area contributed by atoms with E-state index in [1.165, 1.54) is 6.07 Å². The van der Waals surface area contributed by atoms with Crippen LogP contribution in [0.2, 0.25) is 0 Å². The smallest absolute Gasteiger partial charge is 0.422 e. The molecular formula is C11H16F3N3O. The lowest BCUT2D eigenvalue weighted by Gasteiger charge is -2.11. The van der Waals surface area contributed by atoms with E-state index < -0.39 is 12.8 Å². The van der Waals surface area contributed by atoms with Gasteiger partial charge in [0.2, 0.25) is 5.88 Å². The zero-order valence-corrected chi connectivity index (χ0v) is 10.3. The summed E-state index contributed by atoms with van der Waals surface area (Å²) in [5.74, 6) is 0.881. The number of nitrogens with one attached hydrogen (secondary N) is 1. The second-order valence-electron chi connectivity index (χ2n) is 3.69. The first-order chi connectivity index (χ1) is 8.44. The summed E-state index contributed by atoms with van der Waals surface area (Å²) in [4.78, 5) is 8.04. The molecule has 18 heavy (non-hydrogen) atoms. The Balaban J connectivity index is 2.76. The number of ether oxygens (including phenoxy) is 1. The number of aromatic nitrogens is 2. The number of hydrogen-bond donors (Lipinski definition) is 1. The Bertz CT molecular complexity index is 382. The Labute approximate surface area is 104 Å². The molecule has 0 fully saturated rings. The van der Waals surface area contributed by atoms with Crippen molar-refractivity contribution in [3.8, 4) is 5.88 Å². The first kappa shape index (κ1) is 14.5. The van der Waals surface area contributed by atoms with Crippen molar-refractivity contribution in [3.05, 3.63) is 11.9 Å². The second kappa shape index (κ2) is 6.42. The Morgan fingerprint density at radius 1 is 1.28 bits per heavy atom. The van der Waals surface area contributed by atoms with Crippen LogP contribution in [0.25, 0.3) is 0 Å². The van der Waals surface area contributed by atoms with Crippen molar-refractivity contribution in [2.24, 2.45) is 0 Å². The van der Waals surface area contributed by atoms with Crippen LogP contribution < -0.4 is 10.1 Å². The zero-order chi connectivity index (χ0) is 13.6. The van der Waals surface area contributed by atoms with Crippen LogP contribution in [0.15, 0.2) is 6.07 Å². The van der Waals surface area contributed by atoms with E-state index in [9.17, 15) is 13.2 Å². The van der Waals surface area contributed by atoms with Crippen LogP contribution in [0.3, 0.4) is 0 Å². The summed E-state index contributed by atoms with van der Waals surface area (Å²) in [6.45, 7) is 3.15. The minimum Gasteiger partial charge on any atom is -0.468 e. The molecule has 1 aromatic rings. The van der Waals surface area contributed by atoms with Gasteiger partial charge in [-0.1, -0.05) is 13.8 Å². The van der Waals surface area contributed by atoms with Crippen molar-refractivity contribution < 1.29 is 17.9 Å². The van der Waals surface area contributed by atoms with Crippen LogP contribution in [-0.4, -0.2) is 29.3 Å². The van der Waals surface area contributed by atoms with E-state index in [2.05, 4.69) is 20.0 Å². The number of anilines is 1. The van der Waals surface area contributed by atoms with E-state index in [1.54, 1.807) is 0 Å². The summed E-state index contributed by atoms with van der Waals surface area (Å²) in [5, 5.41) is 2.99. The van der Waals surface area contributed by atoms with Crippen LogP contribution in [0, 0.1) is 0 Å². The molecule has 0 saturated carbocycles. The molecule has 4 nitrogen and oxygen atoms in total. The highest BCUT2D eigenvalue weighted by Crippen LogP contribution is 2.19. The maximum Gasteiger partial charge on any atom is 0.422 e. The van der Waals surface area contributed by atoms with Gasteiger partial charge in [0.05, 0.1) is 0 Å². The molecule has 0 aliphatic rings. The summed E-state index contributed by atoms with van der Waals surface area (Å²) >= 11 is 0. The Kier molecular flexibility index (Phi) is 5.18. The lowest BCUT2D eigenvalue weighted by molar-refractivity contribution is -0.154. The fraction of sp³-hybridized carbons (Fsp3) is 0.636. The molecule has 0 radical (unpaired) electrons. The van der Waals surface area contributed by atoms with Gasteiger partial charge in [-0.15, -0.1) is 0 Å². The van der Waals surface area contributed by atoms with E-state index in [0.717, 1.165) is 6.42 Å². The average Bonchev–Trinajstić information content (AvgIpc) is 2.32. The fourth-order valence-electron chi connectivity index (χ4n) is 1.20. The molecule has 0 aromatic carbocycles. The highest BCUT2D eigenvalue weighted by Gasteiger charge is 2.28. The van der Waals surface area contributed by atoms with Gasteiger partial charge in [-0.2, -0.15) is 18.2 Å². The van der Waals surface area contributed by atoms with Crippen molar-refractivity contribution >= 4 is 5.82 Å². The van der Waals surface area contributed by atoms with Gasteiger partial charge in [0.15, 0.2) is 6.61 Å². The summed E-state index contributed by atoms with van der Waals surface area (Å²) in [6, 6.07) is 1.38. The average molecular weight is 263 g/mol. The van der Waals surface area contributed by atoms with Crippen molar-refractivity contribution in [2.45, 2.75) is 32.9 Å². The van der Waals surface area contributed by atoms with Crippen molar-refractivity contribution in [3.63, 3.8) is 0 Å². The van der Waals surface area contributed by atoms with Crippen molar-refractivity contribution in [2.75, 3.05) is 18.5 Å². The maximum atomic E-state index is 12.0. The van der Waals surface area contributed by atoms with Crippen LogP contribution in [0.1, 0.15) is 26.1 Å². The molecule has 0 amide bonds. The lowest BCUT2D eigenvalue weighted by atomic mass is 10.4. The van der Waals surface area contributed by atoms with E-state index in [0.29, 0.717) is 24.6 Å². The third-order valence-electron chi connectivity index (χ3n) is 2.01. The van der Waals surface area contributed by atoms with Crippen LogP contribution in [-0.2, 0) is 6.42 Å². The monoisotopic (exact) mass is 263 g/mol. The fourth-order valence-corrected chi connectivity index (χ4v) is 1.20. The van der Waals surface area contributed by atoms with E-state index >= 15 is 0 Å². The number of alkyl halides is 3. The van der Waals surface area contributed by atoms with Gasteiger partial charge in [-0.05, 0) is 6.42 Å². The van der Waals surface area contributed by atoms with Crippen molar-refractivity contribution in [1.82, 2.24) is 9.97 Å². The standard InChI is InChI=1S/C11H16F3N3O/c1-3-5-15-9-6-10(17-8(4-2)16-9)18-7-11(12,13)14/h6H,3-5,7H2,1-2H3,(H,15,16,17). The molecule has 102 valence electrons. The topological polar surface area (TPSA) is 47.0 Å². The Hall–Kier alpha value is -1.53. The zero-order valence-electron chi connectivity index (χ0n) is 10.3. The summed E-state index contributed by atoms with van der Waals surface area (Å²) in [7, 11) is 0. The predicted octanol–water partition coefficient (Wildman–Crippen LogP) is 2.80. The van der Waals surface area contributed by atoms with E-state index in [-0.39, 0.29) is 5.88 Å². The predicted molar refractivity (Wildman–Crippen MR) is 61.7 cm³/mol. The molecule has 0 saturated heterocycles. The third kappa shape index (κ3) is 5.20. The number of nitrogens with zero attached hydrogens (tertiary/aromatic N) is 2. The number of hydrogen-bond acceptors (Lipinski definition) is 4. The van der Waals surface area contributed by atoms with E-state index in [1.807, 2.05) is 13.8 Å². The summed E-state index contributed by atoms with van der Waals surface area (Å²) in [6.07, 6.45) is -2.94. The molecule has 1 rings (SSSR count). The SMILES string of the molecule is CCCNc1cc(OCC(F)(F)F)nc(CC)n1. The highest BCUT2D eigenvalue weighted by atomic mass is 19.4. The molecule has 0 unspecified atom stereocenters. The minimum absolute atomic E-state index is 0.0576. The second-order valence-corrected chi connectivity index (χ2v) is 3.69. The molecule has 7 heteroatoms. The molecule has 0 atom stereocenters. The van der Waals surface area contributed by atoms with Gasteiger partial charge < -0.3 is 10.1 Å². The van der Waals surface area contributed by atoms with Gasteiger partial charge >= 0.3 is 6.18 Å². The molecule has 0 spiro atoms. The Morgan fingerprint density at radius 2 is 2.00 bits per heavy atom. The molecule has 0 bridgehead atoms. The number of rotatable bonds is 6. The summed E-state index contributed by atoms with van der Waals surface area (Å²) < 4.78 is 40.7. The molecule has 0 aliphatic heterocycles. The first-order valence-corrected chi connectivity index (χ1v) is 5.76. The molecule has 1 heterocycles. The molecule has 1 N–H and O–H groups in total. The maximum absolute atomic E-state index is 12.0. The molecule has 0 aliphatic carbocycles. The number of halogens is 3. The highest BCUT2D eigenvalue weighted by molar-refractivity contribution is 5.38. The van der Waals surface area contributed by atoms with Gasteiger partial charge in [0, 0.05) is 19.0 Å². The normalized spacial score (nSPS) is 11.4. The van der Waals surface area contributed by atoms with E-state index in [4.69, 9.17) is 0 Å². The van der Waals surface area contributed by atoms with Crippen LogP contribution in [0.5, 0.6) is 5.88 Å². The lowest BCUT2D eigenvalue weighted by Crippen LogP contribution is -2.20. The Morgan fingerprint density at radius 3 is 2.56 bits per heavy atom. The molecular weight excluding hydrogens is 247 g/mol. The number of aryl methyl sites for hydroxylation is 1. The quantitative estimate of drug-likeness (QED) is 0.857. The first-order valence-electron chi connectivity index (χ1n) is 5.76. The van der Waals surface area contributed by atoms with Gasteiger partial charge in [-0.3, -0.25) is 0 Å². The third-order valence-corrected chi connectivity index (χ3v) is 2.01. The van der Waals surface area contributed by atoms with Crippen LogP contribution in [0.4, 0.5) is 19.0 Å². The van der Waals surface area contributed by atoms with Crippen LogP contribution >= 0.6 is 0 Å². The summed E-state index contributed by atoms with van der Waals surface area (Å²) in [5.41, 5.74) is 0. The molecule has 1 aromatic heterocycles. The van der Waals surface area contributed by atoms with Gasteiger partial charge in [0.25, 0.3) is 0 Å². The largest absolute Gasteiger partial charge is 0.468 e. The van der Waals surface area contributed by atoms with Gasteiger partial charge in [-0.25, -0.2) is 4.98 Å². The van der Waals surface area contributed by atoms with Crippen molar-refractivity contribution in [1.29, 1.82) is 0 Å². The van der Waals surface area contributed by atoms with Gasteiger partial charge in [0.1, 0.15) is 11.6 Å². The minimum atomic E-state index is -4.37.